The molecular weight excluding hydrogens is 312 g/mol. The third-order valence-corrected chi connectivity index (χ3v) is 6.71. The Labute approximate surface area is 150 Å². The molecule has 1 N–H and O–H groups in total. The van der Waals surface area contributed by atoms with Gasteiger partial charge in [0.2, 0.25) is 0 Å². The van der Waals surface area contributed by atoms with Gasteiger partial charge in [0, 0.05) is 32.7 Å². The van der Waals surface area contributed by atoms with Crippen LogP contribution in [0.2, 0.25) is 0 Å². The maximum atomic E-state index is 11.9. The van der Waals surface area contributed by atoms with E-state index in [4.69, 9.17) is 4.74 Å². The second kappa shape index (κ2) is 7.08. The Hall–Kier alpha value is -1.39. The Morgan fingerprint density at radius 3 is 2.72 bits per heavy atom. The topological polar surface area (TPSA) is 41.6 Å². The average molecular weight is 342 g/mol. The number of carbonyl (C=O) groups excluding carboxylic acids is 1. The lowest BCUT2D eigenvalue weighted by Gasteiger charge is -2.37. The second-order valence-electron chi connectivity index (χ2n) is 8.10. The highest BCUT2D eigenvalue weighted by molar-refractivity contribution is 5.72. The van der Waals surface area contributed by atoms with Crippen LogP contribution in [-0.4, -0.2) is 44.2 Å². The highest BCUT2D eigenvalue weighted by Crippen LogP contribution is 2.50. The van der Waals surface area contributed by atoms with E-state index in [-0.39, 0.29) is 11.9 Å². The van der Waals surface area contributed by atoms with Crippen LogP contribution in [0, 0.1) is 5.92 Å². The molecule has 1 spiro atoms. The zero-order valence-corrected chi connectivity index (χ0v) is 15.4. The van der Waals surface area contributed by atoms with Crippen LogP contribution in [0.3, 0.4) is 0 Å². The van der Waals surface area contributed by atoms with Crippen LogP contribution < -0.4 is 5.32 Å². The highest BCUT2D eigenvalue weighted by atomic mass is 16.5. The van der Waals surface area contributed by atoms with Gasteiger partial charge in [-0.3, -0.25) is 9.69 Å². The Bertz CT molecular complexity index is 629. The number of ether oxygens (including phenoxy) is 1. The van der Waals surface area contributed by atoms with E-state index in [0.717, 1.165) is 58.4 Å². The van der Waals surface area contributed by atoms with E-state index in [9.17, 15) is 4.79 Å². The van der Waals surface area contributed by atoms with Crippen molar-refractivity contribution in [1.29, 1.82) is 0 Å². The summed E-state index contributed by atoms with van der Waals surface area (Å²) in [5.41, 5.74) is 4.90. The minimum atomic E-state index is -0.0134. The monoisotopic (exact) mass is 342 g/mol. The fourth-order valence-corrected chi connectivity index (χ4v) is 5.16. The number of piperazine rings is 1. The Morgan fingerprint density at radius 2 is 2.00 bits per heavy atom. The second-order valence-corrected chi connectivity index (χ2v) is 8.10. The normalized spacial score (nSPS) is 29.6. The predicted molar refractivity (Wildman–Crippen MR) is 98.6 cm³/mol. The summed E-state index contributed by atoms with van der Waals surface area (Å²) in [6.07, 6.45) is 6.69. The smallest absolute Gasteiger partial charge is 0.308 e. The molecule has 1 heterocycles. The molecule has 1 saturated heterocycles. The molecule has 0 atom stereocenters. The lowest BCUT2D eigenvalue weighted by molar-refractivity contribution is -0.147. The fourth-order valence-electron chi connectivity index (χ4n) is 5.16. The third-order valence-electron chi connectivity index (χ3n) is 6.71. The minimum absolute atomic E-state index is 0.0134. The van der Waals surface area contributed by atoms with Crippen LogP contribution in [0.15, 0.2) is 18.2 Å². The van der Waals surface area contributed by atoms with Gasteiger partial charge >= 0.3 is 5.97 Å². The van der Waals surface area contributed by atoms with Crippen molar-refractivity contribution in [3.05, 3.63) is 34.9 Å². The number of carbonyl (C=O) groups is 1. The predicted octanol–water partition coefficient (Wildman–Crippen LogP) is 2.64. The van der Waals surface area contributed by atoms with Crippen LogP contribution in [0.4, 0.5) is 0 Å². The highest BCUT2D eigenvalue weighted by Gasteiger charge is 2.43. The molecule has 0 radical (unpaired) electrons. The van der Waals surface area contributed by atoms with Crippen LogP contribution in [0.1, 0.15) is 48.8 Å². The van der Waals surface area contributed by atoms with Crippen molar-refractivity contribution >= 4 is 5.97 Å². The lowest BCUT2D eigenvalue weighted by Crippen LogP contribution is -2.42. The number of fused-ring (bicyclic) bond motifs is 2. The van der Waals surface area contributed by atoms with Gasteiger partial charge in [0.25, 0.3) is 0 Å². The average Bonchev–Trinajstić information content (AvgIpc) is 3.00. The zero-order chi connectivity index (χ0) is 17.3. The maximum absolute atomic E-state index is 11.9. The van der Waals surface area contributed by atoms with Gasteiger partial charge < -0.3 is 10.1 Å². The van der Waals surface area contributed by atoms with E-state index in [1.54, 1.807) is 11.1 Å². The van der Waals surface area contributed by atoms with Crippen LogP contribution >= 0.6 is 0 Å². The summed E-state index contributed by atoms with van der Waals surface area (Å²) in [7, 11) is 1.51. The molecule has 1 aromatic rings. The minimum Gasteiger partial charge on any atom is -0.469 e. The van der Waals surface area contributed by atoms with Crippen molar-refractivity contribution in [2.45, 2.75) is 50.5 Å². The number of nitrogens with one attached hydrogen (secondary N) is 1. The number of rotatable bonds is 3. The van der Waals surface area contributed by atoms with E-state index >= 15 is 0 Å². The Morgan fingerprint density at radius 1 is 1.24 bits per heavy atom. The SMILES string of the molecule is COC(=O)C1CCC2(CCc3ccc(CN4CCNCC4)cc32)CC1. The van der Waals surface area contributed by atoms with E-state index in [0.29, 0.717) is 5.41 Å². The van der Waals surface area contributed by atoms with Crippen LogP contribution in [-0.2, 0) is 27.9 Å². The Balaban J connectivity index is 1.49. The fraction of sp³-hybridized carbons (Fsp3) is 0.667. The Kier molecular flexibility index (Phi) is 4.83. The number of hydrogen-bond donors (Lipinski definition) is 1. The molecule has 1 saturated carbocycles. The van der Waals surface area contributed by atoms with Gasteiger partial charge in [0.15, 0.2) is 0 Å². The molecule has 1 aromatic carbocycles. The maximum Gasteiger partial charge on any atom is 0.308 e. The van der Waals surface area contributed by atoms with Crippen LogP contribution in [0.25, 0.3) is 0 Å². The standard InChI is InChI=1S/C21H30N2O2/c1-25-20(24)18-5-8-21(9-6-18)7-4-17-3-2-16(14-19(17)21)15-23-12-10-22-11-13-23/h2-3,14,18,22H,4-13,15H2,1H3. The molecular formula is C21H30N2O2. The summed E-state index contributed by atoms with van der Waals surface area (Å²) in [6, 6.07) is 7.19. The number of benzene rings is 1. The molecule has 136 valence electrons. The van der Waals surface area contributed by atoms with Gasteiger partial charge in [-0.15, -0.1) is 0 Å². The summed E-state index contributed by atoms with van der Waals surface area (Å²) < 4.78 is 4.96. The molecule has 0 amide bonds. The summed E-state index contributed by atoms with van der Waals surface area (Å²) in [5.74, 6) is 0.101. The third kappa shape index (κ3) is 3.34. The van der Waals surface area contributed by atoms with Gasteiger partial charge in [0.1, 0.15) is 0 Å². The first-order chi connectivity index (χ1) is 12.2. The first-order valence-corrected chi connectivity index (χ1v) is 9.83. The van der Waals surface area contributed by atoms with Gasteiger partial charge in [-0.05, 0) is 60.6 Å². The quantitative estimate of drug-likeness (QED) is 0.858. The molecule has 0 unspecified atom stereocenters. The molecule has 0 aromatic heterocycles. The van der Waals surface area contributed by atoms with E-state index in [2.05, 4.69) is 28.4 Å². The van der Waals surface area contributed by atoms with Crippen LogP contribution in [0.5, 0.6) is 0 Å². The van der Waals surface area contributed by atoms with Crippen molar-refractivity contribution in [2.75, 3.05) is 33.3 Å². The summed E-state index contributed by atoms with van der Waals surface area (Å²) in [5, 5.41) is 3.43. The van der Waals surface area contributed by atoms with Gasteiger partial charge in [-0.1, -0.05) is 18.2 Å². The van der Waals surface area contributed by atoms with Gasteiger partial charge in [-0.25, -0.2) is 0 Å². The molecule has 1 aliphatic heterocycles. The molecule has 4 heteroatoms. The van der Waals surface area contributed by atoms with E-state index in [1.165, 1.54) is 25.5 Å². The van der Waals surface area contributed by atoms with E-state index < -0.39 is 0 Å². The molecule has 2 aliphatic carbocycles. The molecule has 3 aliphatic rings. The van der Waals surface area contributed by atoms with Crippen molar-refractivity contribution in [3.8, 4) is 0 Å². The summed E-state index contributed by atoms with van der Waals surface area (Å²) >= 11 is 0. The first-order valence-electron chi connectivity index (χ1n) is 9.83. The zero-order valence-electron chi connectivity index (χ0n) is 15.4. The number of aryl methyl sites for hydroxylation is 1. The van der Waals surface area contributed by atoms with Crippen molar-refractivity contribution < 1.29 is 9.53 Å². The van der Waals surface area contributed by atoms with Crippen molar-refractivity contribution in [3.63, 3.8) is 0 Å². The number of esters is 1. The molecule has 25 heavy (non-hydrogen) atoms. The van der Waals surface area contributed by atoms with Crippen molar-refractivity contribution in [2.24, 2.45) is 5.92 Å². The molecule has 2 fully saturated rings. The van der Waals surface area contributed by atoms with Gasteiger partial charge in [-0.2, -0.15) is 0 Å². The molecule has 4 nitrogen and oxygen atoms in total. The van der Waals surface area contributed by atoms with Crippen molar-refractivity contribution in [1.82, 2.24) is 10.2 Å². The van der Waals surface area contributed by atoms with Gasteiger partial charge in [0.05, 0.1) is 13.0 Å². The largest absolute Gasteiger partial charge is 0.469 e. The number of hydrogen-bond acceptors (Lipinski definition) is 4. The van der Waals surface area contributed by atoms with E-state index in [1.807, 2.05) is 0 Å². The molecule has 4 rings (SSSR count). The molecule has 0 bridgehead atoms. The summed E-state index contributed by atoms with van der Waals surface area (Å²) in [4.78, 5) is 14.4. The first kappa shape index (κ1) is 17.0. The number of nitrogens with zero attached hydrogens (tertiary/aromatic N) is 1. The lowest BCUT2D eigenvalue weighted by atomic mass is 9.67. The summed E-state index contributed by atoms with van der Waals surface area (Å²) in [6.45, 7) is 5.55. The number of methoxy groups -OCH3 is 1.